The predicted molar refractivity (Wildman–Crippen MR) is 39.8 cm³/mol. The molecule has 70 valence electrons. The van der Waals surface area contributed by atoms with E-state index in [1.165, 1.54) is 6.08 Å². The van der Waals surface area contributed by atoms with Crippen LogP contribution in [0.25, 0.3) is 0 Å². The molecule has 2 heterocycles. The van der Waals surface area contributed by atoms with Gasteiger partial charge in [0.25, 0.3) is 0 Å². The van der Waals surface area contributed by atoms with Gasteiger partial charge in [0.2, 0.25) is 6.04 Å². The van der Waals surface area contributed by atoms with Crippen LogP contribution in [0.3, 0.4) is 0 Å². The van der Waals surface area contributed by atoms with Gasteiger partial charge in [0.05, 0.1) is 0 Å². The van der Waals surface area contributed by atoms with Crippen LogP contribution in [0.15, 0.2) is 24.4 Å². The van der Waals surface area contributed by atoms with Gasteiger partial charge in [-0.25, -0.2) is 14.1 Å². The van der Waals surface area contributed by atoms with Crippen LogP contribution < -0.4 is 17.0 Å². The Hall–Kier alpha value is -0.940. The zero-order valence-corrected chi connectivity index (χ0v) is 8.27. The first kappa shape index (κ1) is 10.1. The topological polar surface area (TPSA) is 54.4 Å². The third-order valence-electron chi connectivity index (χ3n) is 2.29. The van der Waals surface area contributed by atoms with Crippen LogP contribution in [-0.2, 0) is 9.59 Å². The third kappa shape index (κ3) is 1.34. The maximum Gasteiger partial charge on any atom is 0.369 e. The van der Waals surface area contributed by atoms with E-state index in [1.807, 2.05) is 0 Å². The molecule has 5 heteroatoms. The van der Waals surface area contributed by atoms with Gasteiger partial charge in [0.15, 0.2) is 6.54 Å². The number of carbonyl (C=O) groups is 2. The van der Waals surface area contributed by atoms with E-state index in [0.29, 0.717) is 6.54 Å². The molecule has 1 fully saturated rings. The number of carboxylic acid groups (broad SMARTS) is 1. The van der Waals surface area contributed by atoms with Crippen molar-refractivity contribution >= 4 is 11.9 Å². The quantitative estimate of drug-likeness (QED) is 0.393. The zero-order valence-electron chi connectivity index (χ0n) is 6.68. The van der Waals surface area contributed by atoms with Gasteiger partial charge >= 0.3 is 11.9 Å². The van der Waals surface area contributed by atoms with E-state index < -0.39 is 12.0 Å². The summed E-state index contributed by atoms with van der Waals surface area (Å²) in [6.45, 7) is 0.398. The normalized spacial score (nSPS) is 34.5. The molecule has 1 amide bonds. The molecule has 0 radical (unpaired) electrons. The molecule has 0 bridgehead atoms. The first-order valence-corrected chi connectivity index (χ1v) is 3.67. The Labute approximate surface area is 85.5 Å². The summed E-state index contributed by atoms with van der Waals surface area (Å²) in [4.78, 5) is 21.8. The minimum absolute atomic E-state index is 0. The number of halogens is 1. The van der Waals surface area contributed by atoms with E-state index in [2.05, 4.69) is 0 Å². The lowest BCUT2D eigenvalue weighted by Crippen LogP contribution is -3.00. The van der Waals surface area contributed by atoms with Crippen molar-refractivity contribution in [3.8, 4) is 0 Å². The third-order valence-corrected chi connectivity index (χ3v) is 2.29. The number of aliphatic carboxylic acids is 1. The molecule has 0 saturated carbocycles. The summed E-state index contributed by atoms with van der Waals surface area (Å²) in [6, 6.07) is -0.557. The van der Waals surface area contributed by atoms with Crippen LogP contribution in [0, 0.1) is 0 Å². The van der Waals surface area contributed by atoms with Gasteiger partial charge in [-0.1, -0.05) is 0 Å². The molecular weight excluding hydrogens is 238 g/mol. The molecule has 2 unspecified atom stereocenters. The van der Waals surface area contributed by atoms with Crippen molar-refractivity contribution in [3.05, 3.63) is 24.4 Å². The van der Waals surface area contributed by atoms with E-state index in [9.17, 15) is 9.59 Å². The highest BCUT2D eigenvalue weighted by atomic mass is 79.9. The number of quaternary nitrogens is 1. The largest absolute Gasteiger partial charge is 1.00 e. The van der Waals surface area contributed by atoms with Gasteiger partial charge in [-0.3, -0.25) is 0 Å². The standard InChI is InChI=1S/C8H7NO3.BrH/c10-7-3-1-2-4-9(7)5-6(9)8(11)12;/h1-4,6H,5H2;1H. The van der Waals surface area contributed by atoms with Crippen LogP contribution in [-0.4, -0.2) is 34.1 Å². The molecule has 1 N–H and O–H groups in total. The van der Waals surface area contributed by atoms with E-state index in [1.54, 1.807) is 18.4 Å². The van der Waals surface area contributed by atoms with E-state index in [-0.39, 0.29) is 27.4 Å². The van der Waals surface area contributed by atoms with Gasteiger partial charge in [0.1, 0.15) is 6.20 Å². The molecule has 0 aromatic carbocycles. The average molecular weight is 246 g/mol. The summed E-state index contributed by atoms with van der Waals surface area (Å²) in [5.74, 6) is -1.03. The van der Waals surface area contributed by atoms with E-state index in [0.717, 1.165) is 0 Å². The Morgan fingerprint density at radius 2 is 2.23 bits per heavy atom. The SMILES string of the molecule is O=C(O)C1C[N+]12C=CC=CC2=O.[Br-]. The van der Waals surface area contributed by atoms with Gasteiger partial charge < -0.3 is 22.1 Å². The lowest BCUT2D eigenvalue weighted by atomic mass is 10.3. The first-order valence-electron chi connectivity index (χ1n) is 3.67. The van der Waals surface area contributed by atoms with Crippen LogP contribution in [0.1, 0.15) is 0 Å². The van der Waals surface area contributed by atoms with Crippen LogP contribution >= 0.6 is 0 Å². The number of nitrogens with zero attached hydrogens (tertiary/aromatic N) is 1. The fraction of sp³-hybridized carbons (Fsp3) is 0.250. The first-order chi connectivity index (χ1) is 5.67. The second kappa shape index (κ2) is 3.08. The number of carboxylic acids is 1. The molecule has 0 aromatic rings. The number of hydrogen-bond donors (Lipinski definition) is 1. The van der Waals surface area contributed by atoms with Gasteiger partial charge in [-0.15, -0.1) is 0 Å². The predicted octanol–water partition coefficient (Wildman–Crippen LogP) is -3.12. The molecule has 0 aliphatic carbocycles. The molecule has 2 aliphatic rings. The minimum Gasteiger partial charge on any atom is -1.00 e. The molecule has 2 atom stereocenters. The Balaban J connectivity index is 0.000000845. The Morgan fingerprint density at radius 1 is 1.54 bits per heavy atom. The Kier molecular flexibility index (Phi) is 2.40. The highest BCUT2D eigenvalue weighted by Crippen LogP contribution is 2.34. The number of carbonyl (C=O) groups excluding carboxylic acids is 1. The summed E-state index contributed by atoms with van der Waals surface area (Å²) in [7, 11) is 0. The van der Waals surface area contributed by atoms with Crippen LogP contribution in [0.5, 0.6) is 0 Å². The number of hydrogen-bond acceptors (Lipinski definition) is 2. The average Bonchev–Trinajstić information content (AvgIpc) is 2.72. The lowest BCUT2D eigenvalue weighted by molar-refractivity contribution is -0.667. The van der Waals surface area contributed by atoms with Gasteiger partial charge in [-0.05, 0) is 12.2 Å². The van der Waals surface area contributed by atoms with Gasteiger partial charge in [0, 0.05) is 6.08 Å². The maximum absolute atomic E-state index is 11.3. The number of amides is 1. The molecule has 2 aliphatic heterocycles. The van der Waals surface area contributed by atoms with Crippen molar-refractivity contribution in [3.63, 3.8) is 0 Å². The summed E-state index contributed by atoms with van der Waals surface area (Å²) in [5, 5.41) is 8.66. The highest BCUT2D eigenvalue weighted by Gasteiger charge is 2.64. The van der Waals surface area contributed by atoms with E-state index >= 15 is 0 Å². The van der Waals surface area contributed by atoms with Gasteiger partial charge in [-0.2, -0.15) is 0 Å². The molecule has 13 heavy (non-hydrogen) atoms. The summed E-state index contributed by atoms with van der Waals surface area (Å²) in [5.41, 5.74) is 0. The number of allylic oxidation sites excluding steroid dienone is 2. The van der Waals surface area contributed by atoms with Crippen molar-refractivity contribution in [1.29, 1.82) is 0 Å². The molecule has 4 nitrogen and oxygen atoms in total. The maximum atomic E-state index is 11.3. The summed E-state index contributed by atoms with van der Waals surface area (Å²) >= 11 is 0. The van der Waals surface area contributed by atoms with Crippen molar-refractivity contribution in [2.45, 2.75) is 6.04 Å². The summed E-state index contributed by atoms with van der Waals surface area (Å²) < 4.78 is -0.0220. The minimum atomic E-state index is -0.900. The highest BCUT2D eigenvalue weighted by molar-refractivity contribution is 5.89. The van der Waals surface area contributed by atoms with Crippen LogP contribution in [0.2, 0.25) is 0 Å². The van der Waals surface area contributed by atoms with Crippen molar-refractivity contribution in [2.75, 3.05) is 6.54 Å². The zero-order chi connectivity index (χ0) is 8.77. The monoisotopic (exact) mass is 245 g/mol. The smallest absolute Gasteiger partial charge is 0.369 e. The van der Waals surface area contributed by atoms with Crippen molar-refractivity contribution in [2.24, 2.45) is 0 Å². The molecule has 0 aromatic heterocycles. The summed E-state index contributed by atoms with van der Waals surface area (Å²) in [6.07, 6.45) is 6.40. The van der Waals surface area contributed by atoms with Crippen molar-refractivity contribution < 1.29 is 36.2 Å². The Bertz CT molecular complexity index is 323. The second-order valence-corrected chi connectivity index (χ2v) is 3.01. The Morgan fingerprint density at radius 3 is 2.69 bits per heavy atom. The molecule has 1 saturated heterocycles. The van der Waals surface area contributed by atoms with E-state index in [4.69, 9.17) is 5.11 Å². The number of rotatable bonds is 1. The molecular formula is C8H8BrNO3. The lowest BCUT2D eigenvalue weighted by Gasteiger charge is -2.10. The van der Waals surface area contributed by atoms with Crippen molar-refractivity contribution in [1.82, 2.24) is 0 Å². The van der Waals surface area contributed by atoms with Crippen LogP contribution in [0.4, 0.5) is 0 Å². The molecule has 1 spiro atoms. The second-order valence-electron chi connectivity index (χ2n) is 3.01. The fourth-order valence-electron chi connectivity index (χ4n) is 1.48. The fourth-order valence-corrected chi connectivity index (χ4v) is 1.48. The molecule has 2 rings (SSSR count).